The summed E-state index contributed by atoms with van der Waals surface area (Å²) >= 11 is 1.11. The van der Waals surface area contributed by atoms with Crippen molar-refractivity contribution in [3.63, 3.8) is 0 Å². The van der Waals surface area contributed by atoms with Crippen LogP contribution in [0.2, 0.25) is 0 Å². The number of nitrogens with zero attached hydrogens (tertiary/aromatic N) is 2. The molecule has 0 aliphatic rings. The van der Waals surface area contributed by atoms with Crippen LogP contribution in [-0.4, -0.2) is 9.91 Å². The monoisotopic (exact) mass is 368 g/mol. The first-order valence-electron chi connectivity index (χ1n) is 3.84. The lowest BCUT2D eigenvalue weighted by molar-refractivity contribution is -0.389. The fourth-order valence-electron chi connectivity index (χ4n) is 1.03. The SMILES string of the molecule is O=[N+]([O-])c1c(C(F)(F)F)cc(C(F)F)nc1I. The Kier molecular flexibility index (Phi) is 3.84. The van der Waals surface area contributed by atoms with Gasteiger partial charge in [0, 0.05) is 0 Å². The lowest BCUT2D eigenvalue weighted by Crippen LogP contribution is -2.12. The Morgan fingerprint density at radius 1 is 1.41 bits per heavy atom. The Hall–Kier alpha value is -1.07. The summed E-state index contributed by atoms with van der Waals surface area (Å²) < 4.78 is 61.1. The second kappa shape index (κ2) is 4.66. The zero-order valence-corrected chi connectivity index (χ0v) is 9.79. The molecule has 0 saturated carbocycles. The molecule has 1 aromatic rings. The van der Waals surface area contributed by atoms with Crippen molar-refractivity contribution in [2.24, 2.45) is 0 Å². The van der Waals surface area contributed by atoms with E-state index in [0.29, 0.717) is 0 Å². The van der Waals surface area contributed by atoms with Crippen LogP contribution in [0, 0.1) is 13.8 Å². The normalized spacial score (nSPS) is 11.9. The summed E-state index contributed by atoms with van der Waals surface area (Å²) in [6.45, 7) is 0. The molecule has 0 N–H and O–H groups in total. The van der Waals surface area contributed by atoms with Gasteiger partial charge in [-0.25, -0.2) is 13.8 Å². The van der Waals surface area contributed by atoms with Gasteiger partial charge in [-0.2, -0.15) is 13.2 Å². The van der Waals surface area contributed by atoms with Gasteiger partial charge in [-0.15, -0.1) is 0 Å². The van der Waals surface area contributed by atoms with E-state index in [9.17, 15) is 32.1 Å². The Morgan fingerprint density at radius 2 is 1.94 bits per heavy atom. The van der Waals surface area contributed by atoms with E-state index in [4.69, 9.17) is 0 Å². The molecule has 94 valence electrons. The molecule has 0 bridgehead atoms. The zero-order valence-electron chi connectivity index (χ0n) is 7.63. The topological polar surface area (TPSA) is 56.0 Å². The first-order chi connectivity index (χ1) is 7.64. The van der Waals surface area contributed by atoms with Gasteiger partial charge in [-0.1, -0.05) is 0 Å². The average Bonchev–Trinajstić information content (AvgIpc) is 2.14. The van der Waals surface area contributed by atoms with Crippen molar-refractivity contribution in [2.45, 2.75) is 12.6 Å². The number of hydrogen-bond donors (Lipinski definition) is 0. The number of rotatable bonds is 2. The minimum Gasteiger partial charge on any atom is -0.258 e. The molecule has 0 aromatic carbocycles. The standard InChI is InChI=1S/C7H2F5IN2O2/c8-5(9)3-1-2(7(10,11)12)4(15(16)17)6(13)14-3/h1,5H. The molecule has 0 aliphatic heterocycles. The molecule has 0 fully saturated rings. The third-order valence-corrected chi connectivity index (χ3v) is 2.43. The molecule has 0 radical (unpaired) electrons. The van der Waals surface area contributed by atoms with Gasteiger partial charge in [0.25, 0.3) is 6.43 Å². The third-order valence-electron chi connectivity index (χ3n) is 1.68. The minimum absolute atomic E-state index is 0.00897. The number of halogens is 6. The van der Waals surface area contributed by atoms with Gasteiger partial charge in [0.15, 0.2) is 3.70 Å². The molecule has 1 aromatic heterocycles. The second-order valence-corrected chi connectivity index (χ2v) is 3.81. The Morgan fingerprint density at radius 3 is 2.29 bits per heavy atom. The molecule has 4 nitrogen and oxygen atoms in total. The maximum Gasteiger partial charge on any atom is 0.423 e. The Balaban J connectivity index is 3.57. The highest BCUT2D eigenvalue weighted by Gasteiger charge is 2.41. The highest BCUT2D eigenvalue weighted by atomic mass is 127. The van der Waals surface area contributed by atoms with E-state index in [-0.39, 0.29) is 6.07 Å². The minimum atomic E-state index is -5.09. The van der Waals surface area contributed by atoms with E-state index in [1.807, 2.05) is 0 Å². The van der Waals surface area contributed by atoms with Crippen molar-refractivity contribution in [1.82, 2.24) is 4.98 Å². The molecule has 1 rings (SSSR count). The fraction of sp³-hybridized carbons (Fsp3) is 0.286. The van der Waals surface area contributed by atoms with Crippen LogP contribution in [0.5, 0.6) is 0 Å². The van der Waals surface area contributed by atoms with Gasteiger partial charge in [0.1, 0.15) is 11.3 Å². The Labute approximate surface area is 104 Å². The zero-order chi connectivity index (χ0) is 13.4. The van der Waals surface area contributed by atoms with Crippen molar-refractivity contribution in [2.75, 3.05) is 0 Å². The van der Waals surface area contributed by atoms with Crippen molar-refractivity contribution in [3.05, 3.63) is 31.1 Å². The number of alkyl halides is 5. The number of nitro groups is 1. The largest absolute Gasteiger partial charge is 0.423 e. The second-order valence-electron chi connectivity index (χ2n) is 2.79. The van der Waals surface area contributed by atoms with E-state index in [2.05, 4.69) is 4.98 Å². The molecule has 17 heavy (non-hydrogen) atoms. The van der Waals surface area contributed by atoms with Crippen LogP contribution in [0.4, 0.5) is 27.6 Å². The van der Waals surface area contributed by atoms with Crippen LogP contribution in [0.1, 0.15) is 17.7 Å². The summed E-state index contributed by atoms with van der Waals surface area (Å²) in [7, 11) is 0. The predicted octanol–water partition coefficient (Wildman–Crippen LogP) is 3.55. The predicted molar refractivity (Wildman–Crippen MR) is 53.6 cm³/mol. The fourth-order valence-corrected chi connectivity index (χ4v) is 1.79. The molecule has 0 spiro atoms. The van der Waals surface area contributed by atoms with Gasteiger partial charge in [0.2, 0.25) is 0 Å². The van der Waals surface area contributed by atoms with Crippen LogP contribution in [0.3, 0.4) is 0 Å². The molecule has 0 unspecified atom stereocenters. The average molecular weight is 368 g/mol. The summed E-state index contributed by atoms with van der Waals surface area (Å²) in [5.41, 5.74) is -4.19. The van der Waals surface area contributed by atoms with Crippen LogP contribution in [-0.2, 0) is 6.18 Å². The maximum absolute atomic E-state index is 12.5. The van der Waals surface area contributed by atoms with E-state index in [1.165, 1.54) is 0 Å². The summed E-state index contributed by atoms with van der Waals surface area (Å²) in [5, 5.41) is 10.4. The summed E-state index contributed by atoms with van der Waals surface area (Å²) in [6.07, 6.45) is -8.32. The van der Waals surface area contributed by atoms with Crippen molar-refractivity contribution >= 4 is 28.3 Å². The van der Waals surface area contributed by atoms with Crippen LogP contribution in [0.25, 0.3) is 0 Å². The highest BCUT2D eigenvalue weighted by molar-refractivity contribution is 14.1. The Bertz CT molecular complexity index is 462. The maximum atomic E-state index is 12.5. The number of hydrogen-bond acceptors (Lipinski definition) is 3. The smallest absolute Gasteiger partial charge is 0.258 e. The summed E-state index contributed by atoms with van der Waals surface area (Å²) in [4.78, 5) is 12.2. The van der Waals surface area contributed by atoms with E-state index < -0.39 is 38.2 Å². The lowest BCUT2D eigenvalue weighted by atomic mass is 10.2. The third kappa shape index (κ3) is 2.98. The van der Waals surface area contributed by atoms with Gasteiger partial charge >= 0.3 is 11.9 Å². The molecule has 0 atom stereocenters. The number of pyridine rings is 1. The highest BCUT2D eigenvalue weighted by Crippen LogP contribution is 2.39. The number of aromatic nitrogens is 1. The van der Waals surface area contributed by atoms with Crippen molar-refractivity contribution < 1.29 is 26.9 Å². The first-order valence-corrected chi connectivity index (χ1v) is 4.92. The molecule has 0 amide bonds. The van der Waals surface area contributed by atoms with Crippen LogP contribution < -0.4 is 0 Å². The molecule has 10 heteroatoms. The van der Waals surface area contributed by atoms with Gasteiger partial charge in [-0.3, -0.25) is 10.1 Å². The summed E-state index contributed by atoms with van der Waals surface area (Å²) in [5.74, 6) is 0. The van der Waals surface area contributed by atoms with Crippen LogP contribution >= 0.6 is 22.6 Å². The molecular weight excluding hydrogens is 366 g/mol. The van der Waals surface area contributed by atoms with Crippen molar-refractivity contribution in [1.29, 1.82) is 0 Å². The molecule has 1 heterocycles. The van der Waals surface area contributed by atoms with E-state index >= 15 is 0 Å². The van der Waals surface area contributed by atoms with Gasteiger partial charge in [-0.05, 0) is 28.7 Å². The summed E-state index contributed by atoms with van der Waals surface area (Å²) in [6, 6.07) is -0.00897. The first kappa shape index (κ1) is 14.0. The molecule has 0 saturated heterocycles. The van der Waals surface area contributed by atoms with Crippen LogP contribution in [0.15, 0.2) is 6.07 Å². The van der Waals surface area contributed by atoms with Gasteiger partial charge < -0.3 is 0 Å². The van der Waals surface area contributed by atoms with Crippen molar-refractivity contribution in [3.8, 4) is 0 Å². The molecular formula is C7H2F5IN2O2. The lowest BCUT2D eigenvalue weighted by Gasteiger charge is -2.10. The quantitative estimate of drug-likeness (QED) is 0.264. The molecule has 0 aliphatic carbocycles. The van der Waals surface area contributed by atoms with Gasteiger partial charge in [0.05, 0.1) is 4.92 Å². The van der Waals surface area contributed by atoms with E-state index in [0.717, 1.165) is 22.6 Å². The van der Waals surface area contributed by atoms with E-state index in [1.54, 1.807) is 0 Å².